The summed E-state index contributed by atoms with van der Waals surface area (Å²) in [5.74, 6) is 0.201. The Labute approximate surface area is 163 Å². The van der Waals surface area contributed by atoms with Crippen molar-refractivity contribution < 1.29 is 14.6 Å². The Kier molecular flexibility index (Phi) is 5.51. The van der Waals surface area contributed by atoms with Gasteiger partial charge in [-0.2, -0.15) is 0 Å². The number of carbonyl (C=O) groups is 1. The number of benzene rings is 2. The maximum Gasteiger partial charge on any atom is 0.220 e. The minimum absolute atomic E-state index is 0.00469. The van der Waals surface area contributed by atoms with E-state index in [0.29, 0.717) is 18.6 Å². The zero-order valence-electron chi connectivity index (χ0n) is 15.5. The average molecular weight is 385 g/mol. The standard InChI is InChI=1S/C21H21ClN2O3/c1-12-9-17(14-10-16(22)21(26)18(11-14)27-3)24-20-13(5-4-6-15(12)20)7-8-19(25)23-2/h4-6,9-11,26H,7-8H2,1-3H3,(H,23,25). The molecule has 2 aromatic carbocycles. The molecule has 0 saturated carbocycles. The zero-order valence-corrected chi connectivity index (χ0v) is 16.2. The number of para-hydroxylation sites is 1. The summed E-state index contributed by atoms with van der Waals surface area (Å²) < 4.78 is 5.20. The topological polar surface area (TPSA) is 71.5 Å². The van der Waals surface area contributed by atoms with Crippen LogP contribution in [0.5, 0.6) is 11.5 Å². The number of aryl methyl sites for hydroxylation is 2. The Morgan fingerprint density at radius 3 is 2.78 bits per heavy atom. The van der Waals surface area contributed by atoms with E-state index in [1.807, 2.05) is 31.2 Å². The molecule has 0 aliphatic carbocycles. The number of nitrogens with one attached hydrogen (secondary N) is 1. The maximum absolute atomic E-state index is 11.6. The zero-order chi connectivity index (χ0) is 19.6. The Balaban J connectivity index is 2.13. The predicted molar refractivity (Wildman–Crippen MR) is 108 cm³/mol. The van der Waals surface area contributed by atoms with E-state index >= 15 is 0 Å². The van der Waals surface area contributed by atoms with Crippen molar-refractivity contribution in [2.45, 2.75) is 19.8 Å². The molecule has 1 amide bonds. The summed E-state index contributed by atoms with van der Waals surface area (Å²) in [4.78, 5) is 16.5. The van der Waals surface area contributed by atoms with E-state index in [1.165, 1.54) is 7.11 Å². The number of halogens is 1. The number of ether oxygens (including phenoxy) is 1. The third-order valence-electron chi connectivity index (χ3n) is 4.57. The third kappa shape index (κ3) is 3.83. The van der Waals surface area contributed by atoms with Crippen molar-refractivity contribution in [3.63, 3.8) is 0 Å². The molecule has 3 rings (SSSR count). The van der Waals surface area contributed by atoms with Crippen molar-refractivity contribution in [1.29, 1.82) is 0 Å². The number of aromatic nitrogens is 1. The lowest BCUT2D eigenvalue weighted by Crippen LogP contribution is -2.18. The summed E-state index contributed by atoms with van der Waals surface area (Å²) in [6.45, 7) is 2.02. The van der Waals surface area contributed by atoms with Gasteiger partial charge in [0.15, 0.2) is 11.5 Å². The van der Waals surface area contributed by atoms with Crippen LogP contribution >= 0.6 is 11.6 Å². The van der Waals surface area contributed by atoms with Crippen LogP contribution < -0.4 is 10.1 Å². The maximum atomic E-state index is 11.6. The Hall–Kier alpha value is -2.79. The summed E-state index contributed by atoms with van der Waals surface area (Å²) >= 11 is 6.14. The quantitative estimate of drug-likeness (QED) is 0.689. The molecule has 1 heterocycles. The molecule has 0 aliphatic heterocycles. The smallest absolute Gasteiger partial charge is 0.220 e. The highest BCUT2D eigenvalue weighted by molar-refractivity contribution is 6.32. The third-order valence-corrected chi connectivity index (χ3v) is 4.86. The number of amides is 1. The monoisotopic (exact) mass is 384 g/mol. The number of pyridine rings is 1. The van der Waals surface area contributed by atoms with Gasteiger partial charge in [0, 0.05) is 24.4 Å². The highest BCUT2D eigenvalue weighted by Crippen LogP contribution is 2.38. The second-order valence-electron chi connectivity index (χ2n) is 6.32. The molecule has 140 valence electrons. The fourth-order valence-corrected chi connectivity index (χ4v) is 3.29. The minimum atomic E-state index is -0.0910. The molecule has 0 aliphatic rings. The summed E-state index contributed by atoms with van der Waals surface area (Å²) in [5.41, 5.74) is 4.42. The van der Waals surface area contributed by atoms with E-state index in [9.17, 15) is 9.90 Å². The number of aromatic hydroxyl groups is 1. The van der Waals surface area contributed by atoms with E-state index in [2.05, 4.69) is 5.32 Å². The highest BCUT2D eigenvalue weighted by atomic mass is 35.5. The first-order valence-corrected chi connectivity index (χ1v) is 8.99. The van der Waals surface area contributed by atoms with Crippen LogP contribution in [0.1, 0.15) is 17.5 Å². The van der Waals surface area contributed by atoms with Gasteiger partial charge in [-0.15, -0.1) is 0 Å². The van der Waals surface area contributed by atoms with Gasteiger partial charge >= 0.3 is 0 Å². The molecule has 27 heavy (non-hydrogen) atoms. The molecule has 0 saturated heterocycles. The summed E-state index contributed by atoms with van der Waals surface area (Å²) in [5, 5.41) is 13.9. The average Bonchev–Trinajstić information content (AvgIpc) is 2.68. The number of methoxy groups -OCH3 is 1. The molecule has 5 nitrogen and oxygen atoms in total. The van der Waals surface area contributed by atoms with E-state index in [1.54, 1.807) is 19.2 Å². The van der Waals surface area contributed by atoms with Crippen molar-refractivity contribution in [2.24, 2.45) is 0 Å². The number of phenols is 1. The lowest BCUT2D eigenvalue weighted by Gasteiger charge is -2.12. The molecule has 6 heteroatoms. The molecule has 2 N–H and O–H groups in total. The predicted octanol–water partition coefficient (Wildman–Crippen LogP) is 4.26. The minimum Gasteiger partial charge on any atom is -0.503 e. The first kappa shape index (κ1) is 19.0. The van der Waals surface area contributed by atoms with Gasteiger partial charge in [0.2, 0.25) is 5.91 Å². The van der Waals surface area contributed by atoms with E-state index in [-0.39, 0.29) is 16.7 Å². The van der Waals surface area contributed by atoms with Crippen molar-refractivity contribution in [3.8, 4) is 22.8 Å². The van der Waals surface area contributed by atoms with Gasteiger partial charge in [0.1, 0.15) is 0 Å². The Morgan fingerprint density at radius 2 is 2.07 bits per heavy atom. The number of fused-ring (bicyclic) bond motifs is 1. The molecular formula is C21H21ClN2O3. The first-order valence-electron chi connectivity index (χ1n) is 8.61. The number of hydrogen-bond donors (Lipinski definition) is 2. The molecule has 0 spiro atoms. The van der Waals surface area contributed by atoms with Crippen LogP contribution in [0.2, 0.25) is 5.02 Å². The summed E-state index contributed by atoms with van der Waals surface area (Å²) in [6.07, 6.45) is 1.01. The van der Waals surface area contributed by atoms with Crippen LogP contribution in [0.3, 0.4) is 0 Å². The van der Waals surface area contributed by atoms with E-state index < -0.39 is 0 Å². The van der Waals surface area contributed by atoms with E-state index in [4.69, 9.17) is 21.3 Å². The van der Waals surface area contributed by atoms with Gasteiger partial charge in [0.25, 0.3) is 0 Å². The van der Waals surface area contributed by atoms with Gasteiger partial charge in [0.05, 0.1) is 23.3 Å². The van der Waals surface area contributed by atoms with Crippen molar-refractivity contribution in [3.05, 3.63) is 52.5 Å². The van der Waals surface area contributed by atoms with Gasteiger partial charge < -0.3 is 15.2 Å². The fourth-order valence-electron chi connectivity index (χ4n) is 3.08. The molecule has 0 unspecified atom stereocenters. The Bertz CT molecular complexity index is 1020. The lowest BCUT2D eigenvalue weighted by atomic mass is 10.00. The van der Waals surface area contributed by atoms with Gasteiger partial charge in [-0.1, -0.05) is 29.8 Å². The second kappa shape index (κ2) is 7.84. The fraction of sp³-hybridized carbons (Fsp3) is 0.238. The molecule has 0 fully saturated rings. The highest BCUT2D eigenvalue weighted by Gasteiger charge is 2.14. The Morgan fingerprint density at radius 1 is 1.30 bits per heavy atom. The molecule has 0 atom stereocenters. The molecule has 3 aromatic rings. The van der Waals surface area contributed by atoms with Crippen LogP contribution in [0.25, 0.3) is 22.2 Å². The number of rotatable bonds is 5. The van der Waals surface area contributed by atoms with Crippen molar-refractivity contribution in [2.75, 3.05) is 14.2 Å². The molecule has 0 radical (unpaired) electrons. The first-order chi connectivity index (χ1) is 12.9. The number of phenolic OH excluding ortho intramolecular Hbond substituents is 1. The van der Waals surface area contributed by atoms with Crippen molar-refractivity contribution >= 4 is 28.4 Å². The molecule has 1 aromatic heterocycles. The van der Waals surface area contributed by atoms with Crippen LogP contribution in [-0.2, 0) is 11.2 Å². The second-order valence-corrected chi connectivity index (χ2v) is 6.73. The summed E-state index contributed by atoms with van der Waals surface area (Å²) in [7, 11) is 3.11. The van der Waals surface area contributed by atoms with Gasteiger partial charge in [-0.25, -0.2) is 4.98 Å². The van der Waals surface area contributed by atoms with Crippen LogP contribution in [0.4, 0.5) is 0 Å². The van der Waals surface area contributed by atoms with Crippen LogP contribution in [-0.4, -0.2) is 30.2 Å². The van der Waals surface area contributed by atoms with Gasteiger partial charge in [-0.3, -0.25) is 4.79 Å². The lowest BCUT2D eigenvalue weighted by molar-refractivity contribution is -0.120. The number of nitrogens with zero attached hydrogens (tertiary/aromatic N) is 1. The number of carbonyl (C=O) groups excluding carboxylic acids is 1. The molecule has 0 bridgehead atoms. The van der Waals surface area contributed by atoms with E-state index in [0.717, 1.165) is 33.3 Å². The van der Waals surface area contributed by atoms with Crippen molar-refractivity contribution in [1.82, 2.24) is 10.3 Å². The van der Waals surface area contributed by atoms with Crippen LogP contribution in [0, 0.1) is 6.92 Å². The molecular weight excluding hydrogens is 364 g/mol. The normalized spacial score (nSPS) is 10.8. The largest absolute Gasteiger partial charge is 0.503 e. The van der Waals surface area contributed by atoms with Crippen LogP contribution in [0.15, 0.2) is 36.4 Å². The SMILES string of the molecule is CNC(=O)CCc1cccc2c(C)cc(-c3cc(Cl)c(O)c(OC)c3)nc12. The van der Waals surface area contributed by atoms with Gasteiger partial charge in [-0.05, 0) is 42.7 Å². The summed E-state index contributed by atoms with van der Waals surface area (Å²) in [6, 6.07) is 11.4. The number of hydrogen-bond acceptors (Lipinski definition) is 4.